The van der Waals surface area contributed by atoms with E-state index in [4.69, 9.17) is 9.84 Å². The Morgan fingerprint density at radius 2 is 1.76 bits per heavy atom. The smallest absolute Gasteiger partial charge is 0.324 e. The lowest BCUT2D eigenvalue weighted by atomic mass is 10.0. The molecule has 5 aromatic rings. The van der Waals surface area contributed by atoms with Crippen LogP contribution < -0.4 is 20.7 Å². The Morgan fingerprint density at radius 3 is 2.57 bits per heavy atom. The maximum absolute atomic E-state index is 15.0. The molecule has 1 aliphatic carbocycles. The Balaban J connectivity index is 1.20. The summed E-state index contributed by atoms with van der Waals surface area (Å²) < 4.78 is 22.4. The van der Waals surface area contributed by atoms with Gasteiger partial charge in [0.05, 0.1) is 22.6 Å². The molecule has 0 atom stereocenters. The third-order valence-electron chi connectivity index (χ3n) is 7.19. The summed E-state index contributed by atoms with van der Waals surface area (Å²) in [5, 5.41) is 13.7. The highest BCUT2D eigenvalue weighted by Crippen LogP contribution is 2.35. The van der Waals surface area contributed by atoms with Gasteiger partial charge in [0.15, 0.2) is 0 Å². The lowest BCUT2D eigenvalue weighted by Gasteiger charge is -2.12. The van der Waals surface area contributed by atoms with Crippen molar-refractivity contribution in [2.24, 2.45) is 0 Å². The number of aromatic nitrogens is 4. The summed E-state index contributed by atoms with van der Waals surface area (Å²) in [7, 11) is 1.50. The maximum atomic E-state index is 15.0. The van der Waals surface area contributed by atoms with Crippen LogP contribution in [0.15, 0.2) is 79.1 Å². The average Bonchev–Trinajstić information content (AvgIpc) is 3.69. The number of urea groups is 1. The fourth-order valence-corrected chi connectivity index (χ4v) is 5.09. The Hall–Kier alpha value is -5.32. The van der Waals surface area contributed by atoms with Gasteiger partial charge in [-0.1, -0.05) is 18.9 Å². The third kappa shape index (κ3) is 5.75. The molecule has 1 fully saturated rings. The summed E-state index contributed by atoms with van der Waals surface area (Å²) in [5.41, 5.74) is 2.69. The molecule has 0 aliphatic heterocycles. The summed E-state index contributed by atoms with van der Waals surface area (Å²) in [6.07, 6.45) is 7.57. The Bertz CT molecular complexity index is 1780. The van der Waals surface area contributed by atoms with Gasteiger partial charge in [0.2, 0.25) is 0 Å². The molecular weight excluding hydrogens is 537 g/mol. The second-order valence-corrected chi connectivity index (χ2v) is 10.0. The monoisotopic (exact) mass is 565 g/mol. The van der Waals surface area contributed by atoms with Crippen molar-refractivity contribution in [3.05, 3.63) is 96.3 Å². The number of pyridine rings is 2. The standard InChI is InChI=1S/C31H28FN7O3/c1-33-30(40)28-17-23(12-14-35-28)42-22-9-11-26(24(32)16-22)36-31(41)37-29-18-27(19-5-2-3-6-19)38-39(29)21-8-10-25-20(15-21)7-4-13-34-25/h4,7-19H,2-3,5-6H2,1H3,(H,33,40)(H2,36,37,41). The molecule has 11 heteroatoms. The van der Waals surface area contributed by atoms with Crippen LogP contribution in [0.5, 0.6) is 11.5 Å². The molecule has 0 unspecified atom stereocenters. The SMILES string of the molecule is CNC(=O)c1cc(Oc2ccc(NC(=O)Nc3cc(C4CCCC4)nn3-c3ccc4ncccc4c3)c(F)c2)ccn1. The van der Waals surface area contributed by atoms with E-state index in [9.17, 15) is 14.0 Å². The number of halogens is 1. The highest BCUT2D eigenvalue weighted by atomic mass is 19.1. The van der Waals surface area contributed by atoms with E-state index in [1.807, 2.05) is 36.4 Å². The molecule has 1 aliphatic rings. The van der Waals surface area contributed by atoms with Gasteiger partial charge in [-0.3, -0.25) is 20.1 Å². The summed E-state index contributed by atoms with van der Waals surface area (Å²) in [6.45, 7) is 0. The number of hydrogen-bond donors (Lipinski definition) is 3. The number of amides is 3. The Kier molecular flexibility index (Phi) is 7.46. The predicted octanol–water partition coefficient (Wildman–Crippen LogP) is 6.41. The van der Waals surface area contributed by atoms with Crippen LogP contribution in [0, 0.1) is 5.82 Å². The first-order valence-corrected chi connectivity index (χ1v) is 13.7. The number of nitrogens with zero attached hydrogens (tertiary/aromatic N) is 4. The minimum atomic E-state index is -0.689. The van der Waals surface area contributed by atoms with Crippen molar-refractivity contribution in [1.29, 1.82) is 0 Å². The third-order valence-corrected chi connectivity index (χ3v) is 7.19. The van der Waals surface area contributed by atoms with E-state index >= 15 is 0 Å². The molecule has 1 saturated carbocycles. The molecular formula is C31H28FN7O3. The van der Waals surface area contributed by atoms with Gasteiger partial charge >= 0.3 is 6.03 Å². The second-order valence-electron chi connectivity index (χ2n) is 10.0. The van der Waals surface area contributed by atoms with Crippen molar-refractivity contribution in [2.75, 3.05) is 17.7 Å². The fraction of sp³-hybridized carbons (Fsp3) is 0.194. The Morgan fingerprint density at radius 1 is 0.929 bits per heavy atom. The van der Waals surface area contributed by atoms with Gasteiger partial charge in [0.25, 0.3) is 5.91 Å². The number of anilines is 2. The molecule has 0 radical (unpaired) electrons. The van der Waals surface area contributed by atoms with Gasteiger partial charge in [0, 0.05) is 48.9 Å². The molecule has 3 amide bonds. The van der Waals surface area contributed by atoms with Crippen molar-refractivity contribution in [2.45, 2.75) is 31.6 Å². The minimum Gasteiger partial charge on any atom is -0.457 e. The normalized spacial score (nSPS) is 13.2. The fourth-order valence-electron chi connectivity index (χ4n) is 5.09. The predicted molar refractivity (Wildman–Crippen MR) is 157 cm³/mol. The van der Waals surface area contributed by atoms with E-state index < -0.39 is 11.8 Å². The average molecular weight is 566 g/mol. The molecule has 3 heterocycles. The number of hydrogen-bond acceptors (Lipinski definition) is 6. The van der Waals surface area contributed by atoms with Gasteiger partial charge in [-0.05, 0) is 55.3 Å². The number of nitrogens with one attached hydrogen (secondary N) is 3. The molecule has 0 saturated heterocycles. The van der Waals surface area contributed by atoms with Crippen LogP contribution in [-0.4, -0.2) is 38.7 Å². The van der Waals surface area contributed by atoms with Gasteiger partial charge in [0.1, 0.15) is 28.8 Å². The number of rotatable bonds is 7. The molecule has 3 N–H and O–H groups in total. The van der Waals surface area contributed by atoms with E-state index in [0.717, 1.165) is 54.0 Å². The first kappa shape index (κ1) is 26.9. The lowest BCUT2D eigenvalue weighted by molar-refractivity contribution is 0.0957. The quantitative estimate of drug-likeness (QED) is 0.210. The highest BCUT2D eigenvalue weighted by molar-refractivity contribution is 5.99. The van der Waals surface area contributed by atoms with Crippen LogP contribution in [0.2, 0.25) is 0 Å². The molecule has 42 heavy (non-hydrogen) atoms. The number of carbonyl (C=O) groups is 2. The molecule has 6 rings (SSSR count). The van der Waals surface area contributed by atoms with Crippen molar-refractivity contribution < 1.29 is 18.7 Å². The molecule has 0 spiro atoms. The van der Waals surface area contributed by atoms with Crippen molar-refractivity contribution >= 4 is 34.3 Å². The highest BCUT2D eigenvalue weighted by Gasteiger charge is 2.23. The van der Waals surface area contributed by atoms with Crippen LogP contribution in [-0.2, 0) is 0 Å². The maximum Gasteiger partial charge on any atom is 0.324 e. The molecule has 2 aromatic carbocycles. The van der Waals surface area contributed by atoms with Crippen molar-refractivity contribution in [1.82, 2.24) is 25.1 Å². The first-order valence-electron chi connectivity index (χ1n) is 13.7. The molecule has 3 aromatic heterocycles. The topological polar surface area (TPSA) is 123 Å². The van der Waals surface area contributed by atoms with Gasteiger partial charge in [-0.25, -0.2) is 13.9 Å². The van der Waals surface area contributed by atoms with E-state index in [1.54, 1.807) is 16.9 Å². The van der Waals surface area contributed by atoms with Crippen LogP contribution in [0.3, 0.4) is 0 Å². The van der Waals surface area contributed by atoms with Gasteiger partial charge < -0.3 is 15.4 Å². The molecule has 0 bridgehead atoms. The lowest BCUT2D eigenvalue weighted by Crippen LogP contribution is -2.22. The number of benzene rings is 2. The van der Waals surface area contributed by atoms with Gasteiger partial charge in [-0.2, -0.15) is 5.10 Å². The first-order chi connectivity index (χ1) is 20.5. The number of ether oxygens (including phenoxy) is 1. The number of fused-ring (bicyclic) bond motifs is 1. The van der Waals surface area contributed by atoms with Crippen LogP contribution in [0.25, 0.3) is 16.6 Å². The molecule has 10 nitrogen and oxygen atoms in total. The van der Waals surface area contributed by atoms with E-state index in [-0.39, 0.29) is 23.0 Å². The Labute approximate surface area is 240 Å². The summed E-state index contributed by atoms with van der Waals surface area (Å²) in [6, 6.07) is 18.0. The van der Waals surface area contributed by atoms with E-state index in [1.165, 1.54) is 31.4 Å². The van der Waals surface area contributed by atoms with E-state index in [2.05, 4.69) is 25.9 Å². The van der Waals surface area contributed by atoms with Crippen LogP contribution >= 0.6 is 0 Å². The van der Waals surface area contributed by atoms with Crippen LogP contribution in [0.4, 0.5) is 20.7 Å². The second kappa shape index (κ2) is 11.7. The number of carbonyl (C=O) groups excluding carboxylic acids is 2. The van der Waals surface area contributed by atoms with Gasteiger partial charge in [-0.15, -0.1) is 0 Å². The summed E-state index contributed by atoms with van der Waals surface area (Å²) in [5.74, 6) is 0.254. The zero-order valence-electron chi connectivity index (χ0n) is 22.8. The van der Waals surface area contributed by atoms with E-state index in [0.29, 0.717) is 17.5 Å². The van der Waals surface area contributed by atoms with Crippen molar-refractivity contribution in [3.63, 3.8) is 0 Å². The van der Waals surface area contributed by atoms with Crippen molar-refractivity contribution in [3.8, 4) is 17.2 Å². The summed E-state index contributed by atoms with van der Waals surface area (Å²) in [4.78, 5) is 33.2. The largest absolute Gasteiger partial charge is 0.457 e. The molecule has 212 valence electrons. The van der Waals surface area contributed by atoms with Crippen LogP contribution in [0.1, 0.15) is 47.8 Å². The zero-order chi connectivity index (χ0) is 29.1. The summed E-state index contributed by atoms with van der Waals surface area (Å²) >= 11 is 0. The minimum absolute atomic E-state index is 0.0283. The zero-order valence-corrected chi connectivity index (χ0v) is 22.8.